The lowest BCUT2D eigenvalue weighted by Crippen LogP contribution is -2.45. The lowest BCUT2D eigenvalue weighted by Gasteiger charge is -2.20. The number of nitrogens with one attached hydrogen (secondary N) is 1. The maximum Gasteiger partial charge on any atom is 0.305 e. The Bertz CT molecular complexity index is 1180. The van der Waals surface area contributed by atoms with E-state index in [2.05, 4.69) is 19.2 Å². The molecular weight excluding hydrogens is 959 g/mol. The summed E-state index contributed by atoms with van der Waals surface area (Å²) in [6.45, 7) is 4.95. The summed E-state index contributed by atoms with van der Waals surface area (Å²) in [5.74, 6) is -0.0396. The summed E-state index contributed by atoms with van der Waals surface area (Å²) in [4.78, 5) is 24.6. The van der Waals surface area contributed by atoms with E-state index in [4.69, 9.17) is 4.74 Å². The van der Waals surface area contributed by atoms with Crippen molar-refractivity contribution in [1.82, 2.24) is 5.32 Å². The average molecular weight is 1100 g/mol. The zero-order chi connectivity index (χ0) is 56.4. The van der Waals surface area contributed by atoms with E-state index in [1.54, 1.807) is 6.08 Å². The fourth-order valence-corrected chi connectivity index (χ4v) is 11.6. The summed E-state index contributed by atoms with van der Waals surface area (Å²) < 4.78 is 5.51. The van der Waals surface area contributed by atoms with Crippen LogP contribution in [0.4, 0.5) is 0 Å². The highest BCUT2D eigenvalue weighted by Crippen LogP contribution is 2.19. The van der Waals surface area contributed by atoms with Crippen molar-refractivity contribution >= 4 is 11.9 Å². The molecule has 0 radical (unpaired) electrons. The number of amides is 1. The molecule has 0 aliphatic heterocycles. The van der Waals surface area contributed by atoms with Gasteiger partial charge in [0.15, 0.2) is 0 Å². The van der Waals surface area contributed by atoms with Crippen LogP contribution in [0.3, 0.4) is 0 Å². The van der Waals surface area contributed by atoms with E-state index in [1.165, 1.54) is 347 Å². The molecule has 1 amide bonds. The lowest BCUT2D eigenvalue weighted by molar-refractivity contribution is -0.143. The second-order valence-electron chi connectivity index (χ2n) is 24.9. The molecule has 0 bridgehead atoms. The summed E-state index contributed by atoms with van der Waals surface area (Å²) >= 11 is 0. The Balaban J connectivity index is 3.35. The molecule has 78 heavy (non-hydrogen) atoms. The number of allylic oxidation sites excluding steroid dienone is 1. The molecule has 2 unspecified atom stereocenters. The Hall–Kier alpha value is -1.40. The van der Waals surface area contributed by atoms with E-state index >= 15 is 0 Å². The molecule has 0 fully saturated rings. The van der Waals surface area contributed by atoms with Crippen molar-refractivity contribution in [2.24, 2.45) is 0 Å². The van der Waals surface area contributed by atoms with E-state index < -0.39 is 12.1 Å². The van der Waals surface area contributed by atoms with Gasteiger partial charge in [0.1, 0.15) is 0 Å². The number of hydrogen-bond donors (Lipinski definition) is 3. The topological polar surface area (TPSA) is 95.9 Å². The van der Waals surface area contributed by atoms with Gasteiger partial charge < -0.3 is 20.3 Å². The summed E-state index contributed by atoms with van der Waals surface area (Å²) in [5.41, 5.74) is 0. The summed E-state index contributed by atoms with van der Waals surface area (Å²) in [7, 11) is 0. The molecule has 0 heterocycles. The van der Waals surface area contributed by atoms with E-state index in [-0.39, 0.29) is 18.5 Å². The molecule has 0 aromatic heterocycles. The first-order valence-corrected chi connectivity index (χ1v) is 36.0. The van der Waals surface area contributed by atoms with E-state index in [1.807, 2.05) is 6.08 Å². The highest BCUT2D eigenvalue weighted by Gasteiger charge is 2.18. The first-order chi connectivity index (χ1) is 38.5. The molecule has 3 N–H and O–H groups in total. The van der Waals surface area contributed by atoms with Gasteiger partial charge in [-0.05, 0) is 32.1 Å². The van der Waals surface area contributed by atoms with Crippen molar-refractivity contribution in [3.8, 4) is 0 Å². The number of aliphatic hydroxyl groups is 2. The van der Waals surface area contributed by atoms with Crippen molar-refractivity contribution in [1.29, 1.82) is 0 Å². The van der Waals surface area contributed by atoms with Crippen LogP contribution in [0.5, 0.6) is 0 Å². The van der Waals surface area contributed by atoms with Gasteiger partial charge in [-0.15, -0.1) is 0 Å². The standard InChI is InChI=1S/C72H141NO5/c1-3-5-7-9-11-13-15-17-19-21-34-38-42-46-50-54-58-62-66-72(77)78-67-63-59-55-51-47-43-39-35-31-29-27-25-23-22-24-26-28-30-33-37-41-45-49-53-57-61-65-71(76)73-69(68-74)70(75)64-60-56-52-48-44-40-36-32-20-18-16-14-12-10-8-6-4-2/h60,64,69-70,74-75H,3-59,61-63,65-68H2,1-2H3,(H,73,76)/b64-60+. The first kappa shape index (κ1) is 76.6. The number of unbranched alkanes of at least 4 members (excludes halogenated alkanes) is 57. The minimum absolute atomic E-state index is 0.0223. The zero-order valence-corrected chi connectivity index (χ0v) is 53.2. The Kier molecular flexibility index (Phi) is 66.9. The van der Waals surface area contributed by atoms with Crippen LogP contribution >= 0.6 is 0 Å². The minimum Gasteiger partial charge on any atom is -0.466 e. The molecule has 0 aliphatic rings. The quantitative estimate of drug-likeness (QED) is 0.0320. The van der Waals surface area contributed by atoms with Crippen molar-refractivity contribution in [3.05, 3.63) is 12.2 Å². The molecule has 0 aromatic rings. The molecular formula is C72H141NO5. The zero-order valence-electron chi connectivity index (χ0n) is 53.2. The van der Waals surface area contributed by atoms with Gasteiger partial charge in [-0.2, -0.15) is 0 Å². The number of aliphatic hydroxyl groups excluding tert-OH is 2. The SMILES string of the molecule is CCCCCCCCCCCCCCCCC/C=C/C(O)C(CO)NC(=O)CCCCCCCCCCCCCCCCCCCCCCCCCCCCOC(=O)CCCCCCCCCCCCCCCCCCCC. The smallest absolute Gasteiger partial charge is 0.305 e. The predicted molar refractivity (Wildman–Crippen MR) is 343 cm³/mol. The van der Waals surface area contributed by atoms with Crippen LogP contribution in [-0.4, -0.2) is 47.4 Å². The third-order valence-electron chi connectivity index (χ3n) is 17.1. The van der Waals surface area contributed by atoms with Crippen LogP contribution in [-0.2, 0) is 14.3 Å². The Morgan fingerprint density at radius 1 is 0.346 bits per heavy atom. The van der Waals surface area contributed by atoms with Gasteiger partial charge in [0, 0.05) is 12.8 Å². The van der Waals surface area contributed by atoms with Gasteiger partial charge in [0.05, 0.1) is 25.4 Å². The molecule has 6 heteroatoms. The van der Waals surface area contributed by atoms with Crippen LogP contribution in [0.1, 0.15) is 412 Å². The molecule has 0 aliphatic carbocycles. The minimum atomic E-state index is -0.842. The molecule has 2 atom stereocenters. The molecule has 464 valence electrons. The number of rotatable bonds is 68. The van der Waals surface area contributed by atoms with E-state index in [0.717, 1.165) is 38.5 Å². The van der Waals surface area contributed by atoms with Gasteiger partial charge >= 0.3 is 5.97 Å². The van der Waals surface area contributed by atoms with Crippen molar-refractivity contribution in [2.45, 2.75) is 424 Å². The molecule has 0 saturated heterocycles. The monoisotopic (exact) mass is 1100 g/mol. The van der Waals surface area contributed by atoms with Crippen molar-refractivity contribution in [3.63, 3.8) is 0 Å². The van der Waals surface area contributed by atoms with Gasteiger partial charge in [-0.25, -0.2) is 0 Å². The van der Waals surface area contributed by atoms with Gasteiger partial charge in [0.2, 0.25) is 5.91 Å². The summed E-state index contributed by atoms with van der Waals surface area (Å²) in [6, 6.07) is -0.626. The van der Waals surface area contributed by atoms with E-state index in [0.29, 0.717) is 19.4 Å². The Morgan fingerprint density at radius 2 is 0.590 bits per heavy atom. The van der Waals surface area contributed by atoms with Crippen LogP contribution in [0.25, 0.3) is 0 Å². The number of carbonyl (C=O) groups excluding carboxylic acids is 2. The van der Waals surface area contributed by atoms with Gasteiger partial charge in [0.25, 0.3) is 0 Å². The van der Waals surface area contributed by atoms with Crippen molar-refractivity contribution in [2.75, 3.05) is 13.2 Å². The number of carbonyl (C=O) groups is 2. The highest BCUT2D eigenvalue weighted by atomic mass is 16.5. The fourth-order valence-electron chi connectivity index (χ4n) is 11.6. The third-order valence-corrected chi connectivity index (χ3v) is 17.1. The predicted octanol–water partition coefficient (Wildman–Crippen LogP) is 23.1. The Morgan fingerprint density at radius 3 is 0.872 bits per heavy atom. The van der Waals surface area contributed by atoms with Gasteiger partial charge in [-0.3, -0.25) is 9.59 Å². The molecule has 0 aromatic carbocycles. The number of hydrogen-bond acceptors (Lipinski definition) is 5. The molecule has 0 spiro atoms. The summed E-state index contributed by atoms with van der Waals surface area (Å²) in [5, 5.41) is 23.2. The second-order valence-corrected chi connectivity index (χ2v) is 24.9. The van der Waals surface area contributed by atoms with Crippen LogP contribution in [0, 0.1) is 0 Å². The molecule has 0 rings (SSSR count). The molecule has 0 saturated carbocycles. The maximum atomic E-state index is 12.5. The summed E-state index contributed by atoms with van der Waals surface area (Å²) in [6.07, 6.45) is 84.4. The number of ether oxygens (including phenoxy) is 1. The average Bonchev–Trinajstić information content (AvgIpc) is 3.44. The van der Waals surface area contributed by atoms with Crippen molar-refractivity contribution < 1.29 is 24.5 Å². The Labute approximate surface area is 489 Å². The highest BCUT2D eigenvalue weighted by molar-refractivity contribution is 5.76. The normalized spacial score (nSPS) is 12.5. The largest absolute Gasteiger partial charge is 0.466 e. The third kappa shape index (κ3) is 63.8. The lowest BCUT2D eigenvalue weighted by atomic mass is 10.0. The second kappa shape index (κ2) is 68.1. The number of esters is 1. The maximum absolute atomic E-state index is 12.5. The van der Waals surface area contributed by atoms with Crippen LogP contribution in [0.15, 0.2) is 12.2 Å². The van der Waals surface area contributed by atoms with Crippen LogP contribution < -0.4 is 5.32 Å². The van der Waals surface area contributed by atoms with E-state index in [9.17, 15) is 19.8 Å². The van der Waals surface area contributed by atoms with Crippen LogP contribution in [0.2, 0.25) is 0 Å². The fraction of sp³-hybridized carbons (Fsp3) is 0.944. The van der Waals surface area contributed by atoms with Gasteiger partial charge in [-0.1, -0.05) is 379 Å². The molecule has 6 nitrogen and oxygen atoms in total. The first-order valence-electron chi connectivity index (χ1n) is 36.0.